The van der Waals surface area contributed by atoms with Crippen LogP contribution in [0, 0.1) is 11.3 Å². The second-order valence-corrected chi connectivity index (χ2v) is 12.0. The van der Waals surface area contributed by atoms with E-state index in [-0.39, 0.29) is 10.9 Å². The molecular weight excluding hydrogens is 486 g/mol. The van der Waals surface area contributed by atoms with Gasteiger partial charge in [0.25, 0.3) is 0 Å². The fraction of sp³-hybridized carbons (Fsp3) is 0.241. The fourth-order valence-electron chi connectivity index (χ4n) is 4.75. The molecule has 37 heavy (non-hydrogen) atoms. The van der Waals surface area contributed by atoms with Crippen LogP contribution in [0.15, 0.2) is 77.7 Å². The van der Waals surface area contributed by atoms with Crippen LogP contribution in [0.4, 0.5) is 4.79 Å². The summed E-state index contributed by atoms with van der Waals surface area (Å²) in [6, 6.07) is 23.3. The van der Waals surface area contributed by atoms with Crippen molar-refractivity contribution < 1.29 is 17.9 Å². The molecule has 0 bridgehead atoms. The number of fused-ring (bicyclic) bond motifs is 2. The van der Waals surface area contributed by atoms with Gasteiger partial charge in [-0.15, -0.1) is 0 Å². The standard InChI is InChI=1S/C29H27N3O4S/c1-29(2,3)36-28(33)32-26-10-5-4-8-21(26)17-27(32)22-12-11-20-15-24(16-23(20)14-22)31-37(34,35)25-9-6-7-19(13-25)18-30/h4-14,17,24,31H,15-16H2,1-3H3. The van der Waals surface area contributed by atoms with Crippen LogP contribution in [-0.4, -0.2) is 30.7 Å². The number of para-hydroxylation sites is 1. The van der Waals surface area contributed by atoms with E-state index in [2.05, 4.69) is 4.72 Å². The highest BCUT2D eigenvalue weighted by Gasteiger charge is 2.28. The van der Waals surface area contributed by atoms with Gasteiger partial charge < -0.3 is 4.74 Å². The maximum atomic E-state index is 13.2. The van der Waals surface area contributed by atoms with Gasteiger partial charge in [0.1, 0.15) is 5.60 Å². The average Bonchev–Trinajstić information content (AvgIpc) is 3.42. The van der Waals surface area contributed by atoms with Crippen molar-refractivity contribution in [1.82, 2.24) is 9.29 Å². The molecule has 0 saturated carbocycles. The topological polar surface area (TPSA) is 101 Å². The molecule has 0 amide bonds. The van der Waals surface area contributed by atoms with E-state index in [1.165, 1.54) is 12.1 Å². The molecule has 1 heterocycles. The zero-order valence-electron chi connectivity index (χ0n) is 20.9. The zero-order valence-corrected chi connectivity index (χ0v) is 21.7. The molecule has 0 aliphatic heterocycles. The molecule has 8 heteroatoms. The molecule has 0 saturated heterocycles. The largest absolute Gasteiger partial charge is 0.443 e. The maximum absolute atomic E-state index is 13.2. The van der Waals surface area contributed by atoms with E-state index in [0.29, 0.717) is 18.4 Å². The predicted molar refractivity (Wildman–Crippen MR) is 142 cm³/mol. The number of hydrogen-bond acceptors (Lipinski definition) is 5. The summed E-state index contributed by atoms with van der Waals surface area (Å²) in [7, 11) is -3.78. The van der Waals surface area contributed by atoms with Gasteiger partial charge in [-0.25, -0.2) is 22.5 Å². The first-order valence-electron chi connectivity index (χ1n) is 12.0. The molecule has 0 spiro atoms. The second kappa shape index (κ2) is 9.18. The van der Waals surface area contributed by atoms with E-state index in [1.807, 2.05) is 75.4 Å². The lowest BCUT2D eigenvalue weighted by atomic mass is 10.0. The number of hydrogen-bond donors (Lipinski definition) is 1. The van der Waals surface area contributed by atoms with Gasteiger partial charge in [0.05, 0.1) is 27.7 Å². The third kappa shape index (κ3) is 5.01. The van der Waals surface area contributed by atoms with Crippen molar-refractivity contribution in [2.45, 2.75) is 50.2 Å². The van der Waals surface area contributed by atoms with Crippen molar-refractivity contribution >= 4 is 27.0 Å². The Labute approximate surface area is 216 Å². The van der Waals surface area contributed by atoms with Crippen LogP contribution < -0.4 is 4.72 Å². The number of aromatic nitrogens is 1. The smallest absolute Gasteiger partial charge is 0.419 e. The minimum absolute atomic E-state index is 0.0741. The molecule has 0 radical (unpaired) electrons. The number of benzene rings is 3. The van der Waals surface area contributed by atoms with Gasteiger partial charge in [0.2, 0.25) is 10.0 Å². The molecular formula is C29H27N3O4S. The van der Waals surface area contributed by atoms with E-state index in [4.69, 9.17) is 10.00 Å². The molecule has 1 atom stereocenters. The number of nitrogens with zero attached hydrogens (tertiary/aromatic N) is 2. The molecule has 1 aromatic heterocycles. The van der Waals surface area contributed by atoms with E-state index < -0.39 is 21.7 Å². The van der Waals surface area contributed by atoms with Gasteiger partial charge in [0.15, 0.2) is 0 Å². The van der Waals surface area contributed by atoms with Crippen LogP contribution in [-0.2, 0) is 27.6 Å². The summed E-state index contributed by atoms with van der Waals surface area (Å²) in [4.78, 5) is 13.3. The molecule has 188 valence electrons. The van der Waals surface area contributed by atoms with Crippen LogP contribution in [0.3, 0.4) is 0 Å². The third-order valence-corrected chi connectivity index (χ3v) is 7.83. The van der Waals surface area contributed by atoms with Crippen LogP contribution in [0.2, 0.25) is 0 Å². The van der Waals surface area contributed by atoms with E-state index >= 15 is 0 Å². The summed E-state index contributed by atoms with van der Waals surface area (Å²) in [6.07, 6.45) is 0.629. The molecule has 3 aromatic carbocycles. The second-order valence-electron chi connectivity index (χ2n) is 10.3. The lowest BCUT2D eigenvalue weighted by Gasteiger charge is -2.21. The molecule has 1 N–H and O–H groups in total. The molecule has 5 rings (SSSR count). The monoisotopic (exact) mass is 513 g/mol. The Bertz CT molecular complexity index is 1670. The Hall–Kier alpha value is -3.93. The molecule has 4 aromatic rings. The van der Waals surface area contributed by atoms with Gasteiger partial charge >= 0.3 is 6.09 Å². The zero-order chi connectivity index (χ0) is 26.4. The Kier molecular flexibility index (Phi) is 6.14. The number of nitrogens with one attached hydrogen (secondary N) is 1. The maximum Gasteiger partial charge on any atom is 0.419 e. The van der Waals surface area contributed by atoms with Crippen molar-refractivity contribution in [3.63, 3.8) is 0 Å². The third-order valence-electron chi connectivity index (χ3n) is 6.32. The Morgan fingerprint density at radius 2 is 1.76 bits per heavy atom. The van der Waals surface area contributed by atoms with E-state index in [0.717, 1.165) is 33.3 Å². The van der Waals surface area contributed by atoms with Crippen LogP contribution in [0.25, 0.3) is 22.2 Å². The minimum atomic E-state index is -3.78. The first kappa shape index (κ1) is 24.8. The summed E-state index contributed by atoms with van der Waals surface area (Å²) in [5.74, 6) is 0. The van der Waals surface area contributed by atoms with Crippen molar-refractivity contribution in [2.75, 3.05) is 0 Å². The van der Waals surface area contributed by atoms with Gasteiger partial charge in [-0.2, -0.15) is 5.26 Å². The number of carbonyl (C=O) groups is 1. The quantitative estimate of drug-likeness (QED) is 0.393. The number of nitriles is 1. The molecule has 1 aliphatic rings. The first-order chi connectivity index (χ1) is 17.5. The van der Waals surface area contributed by atoms with Crippen molar-refractivity contribution in [2.24, 2.45) is 0 Å². The summed E-state index contributed by atoms with van der Waals surface area (Å²) in [6.45, 7) is 5.51. The Balaban J connectivity index is 1.45. The van der Waals surface area contributed by atoms with Crippen molar-refractivity contribution in [3.8, 4) is 17.3 Å². The Morgan fingerprint density at radius 3 is 2.51 bits per heavy atom. The van der Waals surface area contributed by atoms with E-state index in [9.17, 15) is 13.2 Å². The fourth-order valence-corrected chi connectivity index (χ4v) is 6.03. The Morgan fingerprint density at radius 1 is 1.00 bits per heavy atom. The minimum Gasteiger partial charge on any atom is -0.443 e. The normalized spacial score (nSPS) is 15.4. The van der Waals surface area contributed by atoms with E-state index in [1.54, 1.807) is 16.7 Å². The number of rotatable bonds is 4. The summed E-state index contributed by atoms with van der Waals surface area (Å²) < 4.78 is 36.0. The van der Waals surface area contributed by atoms with Crippen LogP contribution in [0.5, 0.6) is 0 Å². The van der Waals surface area contributed by atoms with Crippen molar-refractivity contribution in [3.05, 3.63) is 89.5 Å². The number of sulfonamides is 1. The molecule has 7 nitrogen and oxygen atoms in total. The summed E-state index contributed by atoms with van der Waals surface area (Å²) >= 11 is 0. The predicted octanol–water partition coefficient (Wildman–Crippen LogP) is 5.41. The van der Waals surface area contributed by atoms with Gasteiger partial charge in [-0.05, 0) is 86.7 Å². The highest BCUT2D eigenvalue weighted by molar-refractivity contribution is 7.89. The van der Waals surface area contributed by atoms with Crippen LogP contribution >= 0.6 is 0 Å². The van der Waals surface area contributed by atoms with Gasteiger partial charge in [0, 0.05) is 11.4 Å². The first-order valence-corrected chi connectivity index (χ1v) is 13.5. The molecule has 1 unspecified atom stereocenters. The summed E-state index contributed by atoms with van der Waals surface area (Å²) in [5, 5.41) is 10.0. The number of ether oxygens (including phenoxy) is 1. The SMILES string of the molecule is CC(C)(C)OC(=O)n1c(-c2ccc3c(c2)CC(NS(=O)(=O)c2cccc(C#N)c2)C3)cc2ccccc21. The summed E-state index contributed by atoms with van der Waals surface area (Å²) in [5.41, 5.74) is 4.07. The molecule has 1 aliphatic carbocycles. The lowest BCUT2D eigenvalue weighted by molar-refractivity contribution is 0.0547. The highest BCUT2D eigenvalue weighted by Crippen LogP contribution is 2.33. The van der Waals surface area contributed by atoms with Gasteiger partial charge in [-0.1, -0.05) is 36.4 Å². The lowest BCUT2D eigenvalue weighted by Crippen LogP contribution is -2.35. The van der Waals surface area contributed by atoms with Crippen molar-refractivity contribution in [1.29, 1.82) is 5.26 Å². The molecule has 0 fully saturated rings. The van der Waals surface area contributed by atoms with Gasteiger partial charge in [-0.3, -0.25) is 0 Å². The average molecular weight is 514 g/mol. The number of carbonyl (C=O) groups excluding carboxylic acids is 1. The van der Waals surface area contributed by atoms with Crippen LogP contribution in [0.1, 0.15) is 37.5 Å². The highest BCUT2D eigenvalue weighted by atomic mass is 32.2.